The van der Waals surface area contributed by atoms with Crippen LogP contribution in [0.4, 0.5) is 0 Å². The van der Waals surface area contributed by atoms with Gasteiger partial charge >= 0.3 is 11.9 Å². The van der Waals surface area contributed by atoms with Crippen LogP contribution in [0.25, 0.3) is 0 Å². The van der Waals surface area contributed by atoms with Gasteiger partial charge in [-0.15, -0.1) is 0 Å². The molecule has 14 nitrogen and oxygen atoms in total. The van der Waals surface area contributed by atoms with E-state index in [2.05, 4.69) is 38.2 Å². The molecular weight excluding hydrogens is 716 g/mol. The molecule has 4 saturated carbocycles. The summed E-state index contributed by atoms with van der Waals surface area (Å²) >= 11 is 0. The number of allylic oxidation sites excluding steroid dienone is 3. The molecule has 14 heteroatoms. The lowest BCUT2D eigenvalue weighted by atomic mass is 9.34. The highest BCUT2D eigenvalue weighted by molar-refractivity contribution is 5.77. The maximum absolute atomic E-state index is 12.9. The summed E-state index contributed by atoms with van der Waals surface area (Å²) in [7, 11) is 1.07. The number of carbonyl (C=O) groups excluding carboxylic acids is 1. The van der Waals surface area contributed by atoms with E-state index >= 15 is 0 Å². The smallest absolute Gasteiger partial charge is 0.337 e. The van der Waals surface area contributed by atoms with E-state index in [0.29, 0.717) is 19.3 Å². The van der Waals surface area contributed by atoms with Crippen LogP contribution in [0.5, 0.6) is 0 Å². The van der Waals surface area contributed by atoms with Crippen molar-refractivity contribution in [3.8, 4) is 0 Å². The summed E-state index contributed by atoms with van der Waals surface area (Å²) < 4.78 is 28.2. The van der Waals surface area contributed by atoms with E-state index in [1.165, 1.54) is 5.57 Å². The van der Waals surface area contributed by atoms with Crippen molar-refractivity contribution in [1.29, 1.82) is 0 Å². The number of hydrogen-bond donors (Lipinski definition) is 7. The van der Waals surface area contributed by atoms with E-state index in [4.69, 9.17) is 18.9 Å². The van der Waals surface area contributed by atoms with Gasteiger partial charge in [0.2, 0.25) is 0 Å². The molecule has 7 rings (SSSR count). The summed E-state index contributed by atoms with van der Waals surface area (Å²) in [6.45, 7) is 13.0. The number of carboxylic acids is 1. The molecule has 0 amide bonds. The van der Waals surface area contributed by atoms with Crippen molar-refractivity contribution in [2.24, 2.45) is 44.8 Å². The molecule has 0 spiro atoms. The van der Waals surface area contributed by atoms with Crippen LogP contribution in [-0.4, -0.2) is 129 Å². The van der Waals surface area contributed by atoms with Crippen LogP contribution in [0.3, 0.4) is 0 Å². The number of aliphatic hydroxyl groups is 6. The molecule has 2 aliphatic heterocycles. The van der Waals surface area contributed by atoms with Gasteiger partial charge in [0.05, 0.1) is 31.8 Å². The minimum atomic E-state index is -1.85. The number of carbonyl (C=O) groups is 2. The third-order valence-corrected chi connectivity index (χ3v) is 16.6. The van der Waals surface area contributed by atoms with Crippen molar-refractivity contribution >= 4 is 11.9 Å². The van der Waals surface area contributed by atoms with Crippen molar-refractivity contribution in [3.05, 3.63) is 23.8 Å². The van der Waals surface area contributed by atoms with Gasteiger partial charge in [0.15, 0.2) is 18.7 Å². The van der Waals surface area contributed by atoms with Gasteiger partial charge in [-0.3, -0.25) is 4.79 Å². The molecule has 0 aromatic carbocycles. The second kappa shape index (κ2) is 14.4. The fraction of sp³-hybridized carbons (Fsp3) is 0.854. The quantitative estimate of drug-likeness (QED) is 0.112. The first-order chi connectivity index (χ1) is 25.8. The first-order valence-corrected chi connectivity index (χ1v) is 20.1. The van der Waals surface area contributed by atoms with Crippen LogP contribution in [0.1, 0.15) is 91.9 Å². The summed E-state index contributed by atoms with van der Waals surface area (Å²) in [4.78, 5) is 25.1. The lowest BCUT2D eigenvalue weighted by molar-refractivity contribution is -0.354. The van der Waals surface area contributed by atoms with Crippen LogP contribution >= 0.6 is 0 Å². The maximum Gasteiger partial charge on any atom is 0.337 e. The average Bonchev–Trinajstić information content (AvgIpc) is 3.15. The molecule has 18 atom stereocenters. The molecule has 0 radical (unpaired) electrons. The third-order valence-electron chi connectivity index (χ3n) is 16.6. The Kier molecular flexibility index (Phi) is 10.8. The largest absolute Gasteiger partial charge is 0.481 e. The van der Waals surface area contributed by atoms with Gasteiger partial charge < -0.3 is 59.4 Å². The fourth-order valence-electron chi connectivity index (χ4n) is 13.1. The highest BCUT2D eigenvalue weighted by Crippen LogP contribution is 2.75. The molecule has 1 unspecified atom stereocenters. The number of ether oxygens (including phenoxy) is 5. The first-order valence-electron chi connectivity index (χ1n) is 20.1. The van der Waals surface area contributed by atoms with Gasteiger partial charge in [0.1, 0.15) is 36.6 Å². The Balaban J connectivity index is 1.10. The average molecular weight is 779 g/mol. The monoisotopic (exact) mass is 778 g/mol. The molecule has 7 N–H and O–H groups in total. The first kappa shape index (κ1) is 41.2. The van der Waals surface area contributed by atoms with E-state index in [1.54, 1.807) is 0 Å². The number of fused-ring (bicyclic) bond motifs is 7. The number of aliphatic carboxylic acids is 1. The minimum Gasteiger partial charge on any atom is -0.481 e. The van der Waals surface area contributed by atoms with Crippen LogP contribution < -0.4 is 0 Å². The zero-order valence-corrected chi connectivity index (χ0v) is 32.8. The highest BCUT2D eigenvalue weighted by Gasteiger charge is 2.69. The number of aliphatic hydroxyl groups excluding tert-OH is 6. The van der Waals surface area contributed by atoms with Crippen molar-refractivity contribution in [2.75, 3.05) is 20.3 Å². The van der Waals surface area contributed by atoms with Crippen molar-refractivity contribution < 1.29 is 69.0 Å². The van der Waals surface area contributed by atoms with Gasteiger partial charge in [-0.1, -0.05) is 51.5 Å². The number of methoxy groups -OCH3 is 1. The van der Waals surface area contributed by atoms with Crippen molar-refractivity contribution in [1.82, 2.24) is 0 Å². The van der Waals surface area contributed by atoms with E-state index in [9.17, 15) is 45.3 Å². The van der Waals surface area contributed by atoms with Crippen molar-refractivity contribution in [2.45, 2.75) is 153 Å². The normalized spacial score (nSPS) is 52.5. The number of rotatable bonds is 7. The van der Waals surface area contributed by atoms with Crippen LogP contribution in [0, 0.1) is 44.8 Å². The van der Waals surface area contributed by atoms with E-state index in [1.807, 2.05) is 6.92 Å². The van der Waals surface area contributed by atoms with Gasteiger partial charge in [-0.25, -0.2) is 4.79 Å². The van der Waals surface area contributed by atoms with Crippen molar-refractivity contribution in [3.63, 3.8) is 0 Å². The Labute approximate surface area is 322 Å². The molecule has 5 aliphatic carbocycles. The molecule has 0 aromatic heterocycles. The zero-order chi connectivity index (χ0) is 40.0. The van der Waals surface area contributed by atoms with Gasteiger partial charge in [-0.2, -0.15) is 0 Å². The molecular formula is C41H62O14. The second-order valence-corrected chi connectivity index (χ2v) is 18.9. The highest BCUT2D eigenvalue weighted by atomic mass is 16.7. The maximum atomic E-state index is 12.9. The Hall–Kier alpha value is -1.98. The predicted octanol–water partition coefficient (Wildman–Crippen LogP) is 2.20. The van der Waals surface area contributed by atoms with Gasteiger partial charge in [0.25, 0.3) is 0 Å². The number of carboxylic acid groups (broad SMARTS) is 1. The molecule has 2 saturated heterocycles. The molecule has 7 aliphatic rings. The SMILES string of the molecule is C=C1CC[C@]2(C(=O)O)CC[C@]3(C)C(=CC[C@@H]4[C@@]5(C)CC[C@H](O[C@@H]6OC[C@H](O)[C@H](O[C@@H]7O[C@H](C(=O)OC)[C@@H](O)[C@H](O)[C@H]7O)[C@H]6O)[C@@](C)(CO)C5CC[C@]43C)[C@@H]2C1. The molecule has 310 valence electrons. The van der Waals surface area contributed by atoms with Crippen LogP contribution in [0.15, 0.2) is 23.8 Å². The fourth-order valence-corrected chi connectivity index (χ4v) is 13.1. The van der Waals surface area contributed by atoms with E-state index in [0.717, 1.165) is 57.6 Å². The van der Waals surface area contributed by atoms with Crippen LogP contribution in [-0.2, 0) is 33.3 Å². The Morgan fingerprint density at radius 3 is 2.29 bits per heavy atom. The summed E-state index contributed by atoms with van der Waals surface area (Å²) in [5.74, 6) is -1.42. The lowest BCUT2D eigenvalue weighted by Crippen LogP contribution is -2.67. The Morgan fingerprint density at radius 2 is 1.62 bits per heavy atom. The molecule has 0 bridgehead atoms. The summed E-state index contributed by atoms with van der Waals surface area (Å²) in [6.07, 6.45) is -5.27. The van der Waals surface area contributed by atoms with Gasteiger partial charge in [-0.05, 0) is 92.3 Å². The van der Waals surface area contributed by atoms with E-state index < -0.39 is 84.2 Å². The summed E-state index contributed by atoms with van der Waals surface area (Å²) in [5.41, 5.74) is 0.508. The predicted molar refractivity (Wildman–Crippen MR) is 194 cm³/mol. The summed E-state index contributed by atoms with van der Waals surface area (Å²) in [5, 5.41) is 75.5. The molecule has 2 heterocycles. The topological polar surface area (TPSA) is 222 Å². The zero-order valence-electron chi connectivity index (χ0n) is 32.8. The lowest BCUT2D eigenvalue weighted by Gasteiger charge is -2.71. The molecule has 0 aromatic rings. The standard InChI is InChI=1S/C41H62O14/c1-20-9-14-41(36(49)50)16-15-39(4)21(22(41)17-20)7-8-25-37(2)12-11-26(38(3,19-42)24(37)10-13-40(25,39)5)53-34-30(47)31(23(43)18-52-34)54-35-29(46)27(44)28(45)32(55-35)33(48)51-6/h7,22-32,34-35,42-47H,1,8-19H2,2-6H3,(H,49,50)/t22-,23-,24?,25+,26-,27-,28-,29+,30+,31-,32-,34-,35+,37-,38-,39+,40+,41-/m0/s1. The van der Waals surface area contributed by atoms with Crippen LogP contribution in [0.2, 0.25) is 0 Å². The Morgan fingerprint density at radius 1 is 0.891 bits per heavy atom. The number of hydrogen-bond acceptors (Lipinski definition) is 13. The second-order valence-electron chi connectivity index (χ2n) is 18.9. The third kappa shape index (κ3) is 6.02. The minimum absolute atomic E-state index is 0.0452. The number of esters is 1. The molecule has 55 heavy (non-hydrogen) atoms. The molecule has 6 fully saturated rings. The summed E-state index contributed by atoms with van der Waals surface area (Å²) in [6, 6.07) is 0. The Bertz CT molecular complexity index is 1550. The van der Waals surface area contributed by atoms with Gasteiger partial charge in [0, 0.05) is 11.3 Å². The van der Waals surface area contributed by atoms with E-state index in [-0.39, 0.29) is 47.2 Å².